The van der Waals surface area contributed by atoms with Gasteiger partial charge in [0.25, 0.3) is 5.91 Å². The maximum Gasteiger partial charge on any atom is 0.276 e. The monoisotopic (exact) mass is 471 g/mol. The van der Waals surface area contributed by atoms with Crippen molar-refractivity contribution in [2.24, 2.45) is 0 Å². The second kappa shape index (κ2) is 9.47. The largest absolute Gasteiger partial charge is 0.493 e. The molecule has 0 bridgehead atoms. The number of hydrogen-bond acceptors (Lipinski definition) is 7. The fourth-order valence-electron chi connectivity index (χ4n) is 2.99. The lowest BCUT2D eigenvalue weighted by molar-refractivity contribution is 0.102. The molecule has 2 heterocycles. The van der Waals surface area contributed by atoms with Crippen molar-refractivity contribution < 1.29 is 14.3 Å². The van der Waals surface area contributed by atoms with Gasteiger partial charge in [-0.1, -0.05) is 35.9 Å². The molecule has 31 heavy (non-hydrogen) atoms. The summed E-state index contributed by atoms with van der Waals surface area (Å²) in [7, 11) is 3.15. The molecule has 0 saturated heterocycles. The minimum Gasteiger partial charge on any atom is -0.493 e. The number of amides is 1. The quantitative estimate of drug-likeness (QED) is 0.370. The van der Waals surface area contributed by atoms with Crippen LogP contribution in [0.1, 0.15) is 20.9 Å². The highest BCUT2D eigenvalue weighted by Gasteiger charge is 2.18. The molecule has 0 saturated carbocycles. The second-order valence-electron chi connectivity index (χ2n) is 6.43. The Hall–Kier alpha value is -2.94. The molecule has 0 radical (unpaired) electrons. The molecular weight excluding hydrogens is 454 g/mol. The van der Waals surface area contributed by atoms with Crippen molar-refractivity contribution in [2.45, 2.75) is 6.42 Å². The molecule has 2 aromatic heterocycles. The fraction of sp³-hybridized carbons (Fsp3) is 0.136. The summed E-state index contributed by atoms with van der Waals surface area (Å²) in [6, 6.07) is 13.2. The Morgan fingerprint density at radius 1 is 1.13 bits per heavy atom. The summed E-state index contributed by atoms with van der Waals surface area (Å²) in [5, 5.41) is 6.42. The summed E-state index contributed by atoms with van der Waals surface area (Å²) in [6.07, 6.45) is 2.40. The first kappa shape index (κ1) is 21.3. The summed E-state index contributed by atoms with van der Waals surface area (Å²) < 4.78 is 10.8. The highest BCUT2D eigenvalue weighted by molar-refractivity contribution is 7.15. The van der Waals surface area contributed by atoms with E-state index in [2.05, 4.69) is 15.3 Å². The van der Waals surface area contributed by atoms with Gasteiger partial charge in [-0.05, 0) is 23.8 Å². The summed E-state index contributed by atoms with van der Waals surface area (Å²) in [5.41, 5.74) is 2.09. The van der Waals surface area contributed by atoms with E-state index in [1.807, 2.05) is 42.5 Å². The van der Waals surface area contributed by atoms with Crippen molar-refractivity contribution in [3.8, 4) is 22.1 Å². The zero-order chi connectivity index (χ0) is 21.8. The molecule has 158 valence electrons. The van der Waals surface area contributed by atoms with Crippen LogP contribution in [-0.2, 0) is 6.42 Å². The smallest absolute Gasteiger partial charge is 0.276 e. The Kier molecular flexibility index (Phi) is 6.50. The molecule has 0 unspecified atom stereocenters. The molecule has 4 rings (SSSR count). The Balaban J connectivity index is 1.48. The van der Waals surface area contributed by atoms with Crippen molar-refractivity contribution in [1.82, 2.24) is 9.97 Å². The van der Waals surface area contributed by atoms with Gasteiger partial charge in [-0.15, -0.1) is 22.7 Å². The summed E-state index contributed by atoms with van der Waals surface area (Å²) >= 11 is 9.00. The molecule has 0 fully saturated rings. The molecular formula is C22H18ClN3O3S2. The normalized spacial score (nSPS) is 10.7. The highest BCUT2D eigenvalue weighted by Crippen LogP contribution is 2.39. The van der Waals surface area contributed by atoms with E-state index in [1.54, 1.807) is 25.8 Å². The standard InChI is InChI=1S/C22H18ClN3O3S2/c1-28-18-9-5-7-15(19(18)29-2)21-25-17(12-30-21)20(27)26-22-24-11-14(31-22)10-13-6-3-4-8-16(13)23/h3-9,11-12H,10H2,1-2H3,(H,24,26,27). The fourth-order valence-corrected chi connectivity index (χ4v) is 4.85. The van der Waals surface area contributed by atoms with Crippen LogP contribution in [0.2, 0.25) is 5.02 Å². The Labute approximate surface area is 192 Å². The van der Waals surface area contributed by atoms with E-state index in [1.165, 1.54) is 22.7 Å². The third-order valence-corrected chi connectivity index (χ3v) is 6.62. The third kappa shape index (κ3) is 4.71. The van der Waals surface area contributed by atoms with Crippen molar-refractivity contribution >= 4 is 45.3 Å². The first-order valence-electron chi connectivity index (χ1n) is 9.25. The Morgan fingerprint density at radius 3 is 2.74 bits per heavy atom. The molecule has 0 spiro atoms. The third-order valence-electron chi connectivity index (χ3n) is 4.47. The van der Waals surface area contributed by atoms with Crippen molar-refractivity contribution in [1.29, 1.82) is 0 Å². The van der Waals surface area contributed by atoms with Crippen LogP contribution in [-0.4, -0.2) is 30.1 Å². The minimum atomic E-state index is -0.317. The molecule has 0 aliphatic rings. The highest BCUT2D eigenvalue weighted by atomic mass is 35.5. The van der Waals surface area contributed by atoms with Gasteiger partial charge in [0, 0.05) is 27.9 Å². The van der Waals surface area contributed by atoms with Gasteiger partial charge in [0.05, 0.1) is 19.8 Å². The lowest BCUT2D eigenvalue weighted by Crippen LogP contribution is -2.11. The molecule has 0 atom stereocenters. The van der Waals surface area contributed by atoms with Crippen LogP contribution < -0.4 is 14.8 Å². The van der Waals surface area contributed by atoms with Crippen LogP contribution in [0.5, 0.6) is 11.5 Å². The number of carbonyl (C=O) groups excluding carboxylic acids is 1. The van der Waals surface area contributed by atoms with Gasteiger partial charge in [0.1, 0.15) is 10.7 Å². The van der Waals surface area contributed by atoms with Crippen molar-refractivity contribution in [3.05, 3.63) is 75.2 Å². The van der Waals surface area contributed by atoms with Gasteiger partial charge >= 0.3 is 0 Å². The molecule has 1 N–H and O–H groups in total. The first-order valence-corrected chi connectivity index (χ1v) is 11.3. The average Bonchev–Trinajstić information content (AvgIpc) is 3.44. The number of nitrogens with zero attached hydrogens (tertiary/aromatic N) is 2. The second-order valence-corrected chi connectivity index (χ2v) is 8.81. The lowest BCUT2D eigenvalue weighted by Gasteiger charge is -2.10. The Bertz CT molecular complexity index is 1220. The van der Waals surface area contributed by atoms with Crippen LogP contribution in [0.4, 0.5) is 5.13 Å². The van der Waals surface area contributed by atoms with Gasteiger partial charge in [-0.25, -0.2) is 9.97 Å². The van der Waals surface area contributed by atoms with Crippen molar-refractivity contribution in [2.75, 3.05) is 19.5 Å². The Morgan fingerprint density at radius 2 is 1.97 bits per heavy atom. The predicted molar refractivity (Wildman–Crippen MR) is 125 cm³/mol. The number of aromatic nitrogens is 2. The molecule has 1 amide bonds. The summed E-state index contributed by atoms with van der Waals surface area (Å²) in [6.45, 7) is 0. The van der Waals surface area contributed by atoms with E-state index < -0.39 is 0 Å². The molecule has 4 aromatic rings. The van der Waals surface area contributed by atoms with E-state index in [0.717, 1.165) is 16.0 Å². The number of carbonyl (C=O) groups is 1. The number of halogens is 1. The molecule has 0 aliphatic carbocycles. The first-order chi connectivity index (χ1) is 15.1. The topological polar surface area (TPSA) is 73.3 Å². The van der Waals surface area contributed by atoms with E-state index in [9.17, 15) is 4.79 Å². The predicted octanol–water partition coefficient (Wildman–Crippen LogP) is 5.78. The maximum atomic E-state index is 12.7. The number of anilines is 1. The summed E-state index contributed by atoms with van der Waals surface area (Å²) in [4.78, 5) is 22.5. The number of rotatable bonds is 7. The van der Waals surface area contributed by atoms with E-state index >= 15 is 0 Å². The molecule has 9 heteroatoms. The number of nitrogens with one attached hydrogen (secondary N) is 1. The van der Waals surface area contributed by atoms with Gasteiger partial charge in [-0.2, -0.15) is 0 Å². The molecule has 6 nitrogen and oxygen atoms in total. The van der Waals surface area contributed by atoms with E-state index in [0.29, 0.717) is 38.8 Å². The van der Waals surface area contributed by atoms with E-state index in [4.69, 9.17) is 21.1 Å². The van der Waals surface area contributed by atoms with Crippen molar-refractivity contribution in [3.63, 3.8) is 0 Å². The summed E-state index contributed by atoms with van der Waals surface area (Å²) in [5.74, 6) is 0.869. The average molecular weight is 472 g/mol. The zero-order valence-electron chi connectivity index (χ0n) is 16.7. The number of benzene rings is 2. The number of methoxy groups -OCH3 is 2. The maximum absolute atomic E-state index is 12.7. The van der Waals surface area contributed by atoms with Gasteiger partial charge < -0.3 is 9.47 Å². The molecule has 2 aromatic carbocycles. The van der Waals surface area contributed by atoms with E-state index in [-0.39, 0.29) is 5.91 Å². The number of ether oxygens (including phenoxy) is 2. The van der Waals surface area contributed by atoms with Crippen LogP contribution in [0, 0.1) is 0 Å². The van der Waals surface area contributed by atoms with Gasteiger partial charge in [0.15, 0.2) is 16.6 Å². The lowest BCUT2D eigenvalue weighted by atomic mass is 10.1. The zero-order valence-corrected chi connectivity index (χ0v) is 19.1. The SMILES string of the molecule is COc1cccc(-c2nc(C(=O)Nc3ncc(Cc4ccccc4Cl)s3)cs2)c1OC. The number of hydrogen-bond donors (Lipinski definition) is 1. The van der Waals surface area contributed by atoms with Crippen LogP contribution in [0.3, 0.4) is 0 Å². The molecule has 0 aliphatic heterocycles. The van der Waals surface area contributed by atoms with Crippen LogP contribution >= 0.6 is 34.3 Å². The number of para-hydroxylation sites is 1. The van der Waals surface area contributed by atoms with Crippen LogP contribution in [0.15, 0.2) is 54.0 Å². The van der Waals surface area contributed by atoms with Gasteiger partial charge in [-0.3, -0.25) is 10.1 Å². The van der Waals surface area contributed by atoms with Gasteiger partial charge in [0.2, 0.25) is 0 Å². The minimum absolute atomic E-state index is 0.313. The van der Waals surface area contributed by atoms with Crippen LogP contribution in [0.25, 0.3) is 10.6 Å². The number of thiazole rings is 2.